The largest absolute Gasteiger partial charge is 0.365 e. The minimum atomic E-state index is 0.378. The number of nitrogens with one attached hydrogen (secondary N) is 2. The fourth-order valence-corrected chi connectivity index (χ4v) is 3.74. The van der Waals surface area contributed by atoms with Gasteiger partial charge < -0.3 is 10.6 Å². The Morgan fingerprint density at radius 2 is 2.10 bits per heavy atom. The molecule has 2 aromatic heterocycles. The zero-order valence-corrected chi connectivity index (χ0v) is 13.8. The van der Waals surface area contributed by atoms with Gasteiger partial charge in [-0.25, -0.2) is 9.97 Å². The van der Waals surface area contributed by atoms with Crippen LogP contribution in [0.15, 0.2) is 5.38 Å². The van der Waals surface area contributed by atoms with Crippen molar-refractivity contribution < 1.29 is 0 Å². The molecule has 3 rings (SSSR count). The molecule has 0 amide bonds. The number of thiophene rings is 1. The molecule has 2 aromatic rings. The highest BCUT2D eigenvalue weighted by Crippen LogP contribution is 2.29. The lowest BCUT2D eigenvalue weighted by molar-refractivity contribution is 0.235. The van der Waals surface area contributed by atoms with Crippen LogP contribution in [0.5, 0.6) is 0 Å². The topological polar surface area (TPSA) is 53.1 Å². The second-order valence-electron chi connectivity index (χ2n) is 5.81. The Labute approximate surface area is 129 Å². The molecule has 6 heteroatoms. The second-order valence-corrected chi connectivity index (χ2v) is 6.69. The minimum Gasteiger partial charge on any atom is -0.365 e. The first-order valence-corrected chi connectivity index (χ1v) is 8.43. The van der Waals surface area contributed by atoms with Crippen molar-refractivity contribution in [2.24, 2.45) is 0 Å². The summed E-state index contributed by atoms with van der Waals surface area (Å²) in [6.07, 6.45) is 0. The summed E-state index contributed by atoms with van der Waals surface area (Å²) in [5.41, 5.74) is 2.32. The van der Waals surface area contributed by atoms with Crippen LogP contribution in [0.1, 0.15) is 18.3 Å². The molecule has 0 bridgehead atoms. The van der Waals surface area contributed by atoms with E-state index in [0.29, 0.717) is 6.04 Å². The van der Waals surface area contributed by atoms with Crippen LogP contribution in [-0.2, 0) is 0 Å². The predicted molar refractivity (Wildman–Crippen MR) is 89.3 cm³/mol. The van der Waals surface area contributed by atoms with E-state index in [9.17, 15) is 0 Å². The second kappa shape index (κ2) is 6.25. The van der Waals surface area contributed by atoms with Crippen molar-refractivity contribution in [2.45, 2.75) is 26.8 Å². The summed E-state index contributed by atoms with van der Waals surface area (Å²) in [6.45, 7) is 11.8. The van der Waals surface area contributed by atoms with Gasteiger partial charge in [-0.3, -0.25) is 4.90 Å². The maximum Gasteiger partial charge on any atom is 0.148 e. The summed E-state index contributed by atoms with van der Waals surface area (Å²) >= 11 is 1.73. The molecule has 0 unspecified atom stereocenters. The van der Waals surface area contributed by atoms with Gasteiger partial charge in [0.1, 0.15) is 11.6 Å². The normalized spacial score (nSPS) is 18.0. The lowest BCUT2D eigenvalue weighted by atomic mass is 10.2. The molecule has 3 heterocycles. The molecule has 21 heavy (non-hydrogen) atoms. The third kappa shape index (κ3) is 3.33. The minimum absolute atomic E-state index is 0.378. The van der Waals surface area contributed by atoms with Gasteiger partial charge in [0.25, 0.3) is 0 Å². The molecule has 1 fully saturated rings. The van der Waals surface area contributed by atoms with E-state index in [1.54, 1.807) is 11.3 Å². The van der Waals surface area contributed by atoms with Crippen LogP contribution in [0.2, 0.25) is 0 Å². The van der Waals surface area contributed by atoms with Gasteiger partial charge in [-0.05, 0) is 31.7 Å². The summed E-state index contributed by atoms with van der Waals surface area (Å²) < 4.78 is 1.17. The molecule has 0 aromatic carbocycles. The summed E-state index contributed by atoms with van der Waals surface area (Å²) in [5, 5.41) is 9.13. The van der Waals surface area contributed by atoms with E-state index < -0.39 is 0 Å². The molecule has 5 nitrogen and oxygen atoms in total. The Bertz CT molecular complexity index is 618. The third-order valence-corrected chi connectivity index (χ3v) is 4.92. The molecule has 1 saturated heterocycles. The fraction of sp³-hybridized carbons (Fsp3) is 0.600. The van der Waals surface area contributed by atoms with E-state index in [1.165, 1.54) is 10.3 Å². The number of hydrogen-bond acceptors (Lipinski definition) is 6. The van der Waals surface area contributed by atoms with Gasteiger partial charge in [0.15, 0.2) is 0 Å². The van der Waals surface area contributed by atoms with Gasteiger partial charge in [-0.2, -0.15) is 0 Å². The first-order chi connectivity index (χ1) is 10.1. The van der Waals surface area contributed by atoms with Crippen LogP contribution >= 0.6 is 11.3 Å². The summed E-state index contributed by atoms with van der Waals surface area (Å²) in [5.74, 6) is 1.82. The SMILES string of the molecule is Cc1nc(N[C@@H](C)CN2CCNCC2)c2scc(C)c2n1. The average Bonchev–Trinajstić information content (AvgIpc) is 2.81. The van der Waals surface area contributed by atoms with Gasteiger partial charge in [0.05, 0.1) is 10.2 Å². The summed E-state index contributed by atoms with van der Waals surface area (Å²) in [4.78, 5) is 11.7. The number of aromatic nitrogens is 2. The zero-order chi connectivity index (χ0) is 14.8. The quantitative estimate of drug-likeness (QED) is 0.905. The highest BCUT2D eigenvalue weighted by Gasteiger charge is 2.16. The van der Waals surface area contributed by atoms with Gasteiger partial charge >= 0.3 is 0 Å². The predicted octanol–water partition coefficient (Wildman–Crippen LogP) is 2.01. The van der Waals surface area contributed by atoms with Crippen molar-refractivity contribution in [3.05, 3.63) is 16.8 Å². The molecule has 0 aliphatic carbocycles. The van der Waals surface area contributed by atoms with E-state index in [0.717, 1.165) is 49.9 Å². The summed E-state index contributed by atoms with van der Waals surface area (Å²) in [7, 11) is 0. The first kappa shape index (κ1) is 14.7. The molecular weight excluding hydrogens is 282 g/mol. The van der Waals surface area contributed by atoms with Gasteiger partial charge in [0.2, 0.25) is 0 Å². The van der Waals surface area contributed by atoms with E-state index in [2.05, 4.69) is 44.7 Å². The number of anilines is 1. The number of piperazine rings is 1. The Morgan fingerprint density at radius 3 is 2.86 bits per heavy atom. The number of rotatable bonds is 4. The molecule has 2 N–H and O–H groups in total. The fourth-order valence-electron chi connectivity index (χ4n) is 2.80. The van der Waals surface area contributed by atoms with Crippen LogP contribution < -0.4 is 10.6 Å². The highest BCUT2D eigenvalue weighted by atomic mass is 32.1. The number of nitrogens with zero attached hydrogens (tertiary/aromatic N) is 3. The monoisotopic (exact) mass is 305 g/mol. The molecule has 1 atom stereocenters. The van der Waals surface area contributed by atoms with Crippen molar-refractivity contribution in [3.63, 3.8) is 0 Å². The van der Waals surface area contributed by atoms with E-state index >= 15 is 0 Å². The molecule has 0 spiro atoms. The molecule has 114 valence electrons. The molecule has 0 saturated carbocycles. The molecule has 1 aliphatic heterocycles. The lowest BCUT2D eigenvalue weighted by Gasteiger charge is -2.30. The molecular formula is C15H23N5S. The maximum atomic E-state index is 4.61. The average molecular weight is 305 g/mol. The zero-order valence-electron chi connectivity index (χ0n) is 12.9. The van der Waals surface area contributed by atoms with Crippen molar-refractivity contribution >= 4 is 27.4 Å². The maximum absolute atomic E-state index is 4.61. The Hall–Kier alpha value is -1.24. The van der Waals surface area contributed by atoms with Gasteiger partial charge in [0, 0.05) is 38.8 Å². The Kier molecular flexibility index (Phi) is 4.37. The summed E-state index contributed by atoms with van der Waals surface area (Å²) in [6, 6.07) is 0.378. The van der Waals surface area contributed by atoms with Crippen molar-refractivity contribution in [1.82, 2.24) is 20.2 Å². The van der Waals surface area contributed by atoms with Crippen molar-refractivity contribution in [2.75, 3.05) is 38.0 Å². The smallest absolute Gasteiger partial charge is 0.148 e. The standard InChI is InChI=1S/C15H23N5S/c1-10-9-21-14-13(10)18-12(3)19-15(14)17-11(2)8-20-6-4-16-5-7-20/h9,11,16H,4-8H2,1-3H3,(H,17,18,19)/t11-/m0/s1. The molecule has 1 aliphatic rings. The van der Waals surface area contributed by atoms with E-state index in [-0.39, 0.29) is 0 Å². The number of aryl methyl sites for hydroxylation is 2. The van der Waals surface area contributed by atoms with E-state index in [1.807, 2.05) is 6.92 Å². The van der Waals surface area contributed by atoms with Crippen molar-refractivity contribution in [1.29, 1.82) is 0 Å². The highest BCUT2D eigenvalue weighted by molar-refractivity contribution is 7.18. The van der Waals surface area contributed by atoms with Crippen LogP contribution in [0.3, 0.4) is 0 Å². The van der Waals surface area contributed by atoms with Gasteiger partial charge in [-0.15, -0.1) is 11.3 Å². The third-order valence-electron chi connectivity index (χ3n) is 3.83. The van der Waals surface area contributed by atoms with E-state index in [4.69, 9.17) is 0 Å². The first-order valence-electron chi connectivity index (χ1n) is 7.55. The van der Waals surface area contributed by atoms with Crippen molar-refractivity contribution in [3.8, 4) is 0 Å². The molecule has 0 radical (unpaired) electrons. The number of hydrogen-bond donors (Lipinski definition) is 2. The lowest BCUT2D eigenvalue weighted by Crippen LogP contribution is -2.47. The Balaban J connectivity index is 1.74. The van der Waals surface area contributed by atoms with Gasteiger partial charge in [-0.1, -0.05) is 0 Å². The number of fused-ring (bicyclic) bond motifs is 1. The van der Waals surface area contributed by atoms with Crippen LogP contribution in [0.4, 0.5) is 5.82 Å². The van der Waals surface area contributed by atoms with Crippen LogP contribution in [0.25, 0.3) is 10.2 Å². The Morgan fingerprint density at radius 1 is 1.33 bits per heavy atom. The van der Waals surface area contributed by atoms with Crippen LogP contribution in [-0.4, -0.2) is 53.6 Å². The van der Waals surface area contributed by atoms with Crippen LogP contribution in [0, 0.1) is 13.8 Å².